The molecule has 0 unspecified atom stereocenters. The SMILES string of the molecule is CC(C)(C)OC(=O)N1CCC(c2cnc3c(N4CCOCC4)nc(-n4ccc(-c5ccccc5)n4)nc3c2)CC1. The van der Waals surface area contributed by atoms with E-state index in [0.29, 0.717) is 32.3 Å². The molecule has 0 radical (unpaired) electrons. The number of morpholine rings is 1. The lowest BCUT2D eigenvalue weighted by atomic mass is 9.90. The Balaban J connectivity index is 1.30. The molecule has 40 heavy (non-hydrogen) atoms. The highest BCUT2D eigenvalue weighted by Gasteiger charge is 2.28. The van der Waals surface area contributed by atoms with Crippen molar-refractivity contribution in [3.63, 3.8) is 0 Å². The van der Waals surface area contributed by atoms with Gasteiger partial charge in [0.15, 0.2) is 5.82 Å². The molecule has 0 bridgehead atoms. The maximum atomic E-state index is 12.5. The van der Waals surface area contributed by atoms with Gasteiger partial charge >= 0.3 is 6.09 Å². The number of aromatic nitrogens is 5. The van der Waals surface area contributed by atoms with Crippen molar-refractivity contribution in [1.82, 2.24) is 29.6 Å². The first kappa shape index (κ1) is 26.2. The van der Waals surface area contributed by atoms with E-state index >= 15 is 0 Å². The van der Waals surface area contributed by atoms with E-state index in [4.69, 9.17) is 29.5 Å². The summed E-state index contributed by atoms with van der Waals surface area (Å²) in [6.07, 6.45) is 5.30. The lowest BCUT2D eigenvalue weighted by molar-refractivity contribution is 0.0205. The van der Waals surface area contributed by atoms with Gasteiger partial charge in [-0.3, -0.25) is 4.98 Å². The smallest absolute Gasteiger partial charge is 0.410 e. The number of rotatable bonds is 4. The second-order valence-electron chi connectivity index (χ2n) is 11.3. The minimum absolute atomic E-state index is 0.246. The molecule has 0 spiro atoms. The van der Waals surface area contributed by atoms with Gasteiger partial charge in [-0.15, -0.1) is 0 Å². The molecule has 2 saturated heterocycles. The zero-order chi connectivity index (χ0) is 27.7. The van der Waals surface area contributed by atoms with Crippen LogP contribution in [0.3, 0.4) is 0 Å². The Labute approximate surface area is 233 Å². The van der Waals surface area contributed by atoms with Crippen molar-refractivity contribution in [3.05, 3.63) is 60.4 Å². The minimum atomic E-state index is -0.498. The number of carbonyl (C=O) groups excluding carboxylic acids is 1. The topological polar surface area (TPSA) is 98.5 Å². The molecule has 3 aromatic heterocycles. The van der Waals surface area contributed by atoms with Gasteiger partial charge in [0.25, 0.3) is 5.95 Å². The molecule has 2 aliphatic heterocycles. The molecular formula is C30H35N7O3. The first-order chi connectivity index (χ1) is 19.3. The van der Waals surface area contributed by atoms with E-state index in [0.717, 1.165) is 59.6 Å². The first-order valence-corrected chi connectivity index (χ1v) is 13.9. The van der Waals surface area contributed by atoms with E-state index in [1.807, 2.05) is 69.6 Å². The molecule has 0 atom stereocenters. The highest BCUT2D eigenvalue weighted by Crippen LogP contribution is 2.32. The van der Waals surface area contributed by atoms with Crippen LogP contribution in [-0.2, 0) is 9.47 Å². The summed E-state index contributed by atoms with van der Waals surface area (Å²) in [6.45, 7) is 9.77. The van der Waals surface area contributed by atoms with Crippen molar-refractivity contribution in [2.24, 2.45) is 0 Å². The number of benzene rings is 1. The maximum absolute atomic E-state index is 12.5. The van der Waals surface area contributed by atoms with Crippen LogP contribution >= 0.6 is 0 Å². The summed E-state index contributed by atoms with van der Waals surface area (Å²) in [5.41, 5.74) is 4.09. The number of hydrogen-bond donors (Lipinski definition) is 0. The number of ether oxygens (including phenoxy) is 2. The maximum Gasteiger partial charge on any atom is 0.410 e. The summed E-state index contributed by atoms with van der Waals surface area (Å²) < 4.78 is 12.9. The van der Waals surface area contributed by atoms with E-state index in [1.165, 1.54) is 0 Å². The number of carbonyl (C=O) groups is 1. The first-order valence-electron chi connectivity index (χ1n) is 13.9. The Kier molecular flexibility index (Phi) is 7.10. The standard InChI is InChI=1S/C30H35N7O3/c1-30(2,3)40-29(38)36-12-9-21(10-13-36)23-19-25-26(31-20-23)27(35-15-17-39-18-16-35)33-28(32-25)37-14-11-24(34-37)22-7-5-4-6-8-22/h4-8,11,14,19-21H,9-10,12-13,15-18H2,1-3H3. The normalized spacial score (nSPS) is 16.9. The number of piperidine rings is 1. The third kappa shape index (κ3) is 5.62. The van der Waals surface area contributed by atoms with Gasteiger partial charge in [-0.25, -0.2) is 14.5 Å². The van der Waals surface area contributed by atoms with Crippen LogP contribution in [0.25, 0.3) is 28.2 Å². The van der Waals surface area contributed by atoms with E-state index in [9.17, 15) is 4.79 Å². The lowest BCUT2D eigenvalue weighted by Gasteiger charge is -2.33. The predicted octanol–water partition coefficient (Wildman–Crippen LogP) is 4.83. The summed E-state index contributed by atoms with van der Waals surface area (Å²) in [4.78, 5) is 31.3. The van der Waals surface area contributed by atoms with Gasteiger partial charge in [-0.1, -0.05) is 30.3 Å². The van der Waals surface area contributed by atoms with Crippen molar-refractivity contribution in [1.29, 1.82) is 0 Å². The molecule has 2 aliphatic rings. The monoisotopic (exact) mass is 541 g/mol. The van der Waals surface area contributed by atoms with Crippen LogP contribution in [0.2, 0.25) is 0 Å². The van der Waals surface area contributed by atoms with Gasteiger partial charge in [-0.05, 0) is 57.2 Å². The Morgan fingerprint density at radius 2 is 1.75 bits per heavy atom. The molecule has 1 aromatic carbocycles. The Morgan fingerprint density at radius 3 is 2.48 bits per heavy atom. The third-order valence-electron chi connectivity index (χ3n) is 7.32. The second-order valence-corrected chi connectivity index (χ2v) is 11.3. The van der Waals surface area contributed by atoms with Crippen LogP contribution in [0.5, 0.6) is 0 Å². The highest BCUT2D eigenvalue weighted by molar-refractivity contribution is 5.86. The van der Waals surface area contributed by atoms with Crippen LogP contribution in [0.15, 0.2) is 54.9 Å². The average Bonchev–Trinajstić information content (AvgIpc) is 3.47. The number of fused-ring (bicyclic) bond motifs is 1. The largest absolute Gasteiger partial charge is 0.444 e. The van der Waals surface area contributed by atoms with E-state index < -0.39 is 5.60 Å². The predicted molar refractivity (Wildman–Crippen MR) is 153 cm³/mol. The van der Waals surface area contributed by atoms with Crippen LogP contribution in [0.4, 0.5) is 10.6 Å². The van der Waals surface area contributed by atoms with Crippen LogP contribution < -0.4 is 4.90 Å². The Hall–Kier alpha value is -4.05. The molecule has 6 rings (SSSR count). The van der Waals surface area contributed by atoms with Gasteiger partial charge < -0.3 is 19.3 Å². The quantitative estimate of drug-likeness (QED) is 0.362. The summed E-state index contributed by atoms with van der Waals surface area (Å²) in [6, 6.07) is 14.2. The molecule has 10 nitrogen and oxygen atoms in total. The van der Waals surface area contributed by atoms with Crippen molar-refractivity contribution in [2.75, 3.05) is 44.3 Å². The fourth-order valence-corrected chi connectivity index (χ4v) is 5.25. The van der Waals surface area contributed by atoms with Gasteiger partial charge in [-0.2, -0.15) is 10.1 Å². The molecule has 2 fully saturated rings. The molecule has 4 aromatic rings. The van der Waals surface area contributed by atoms with Gasteiger partial charge in [0.1, 0.15) is 11.1 Å². The van der Waals surface area contributed by atoms with E-state index in [-0.39, 0.29) is 12.0 Å². The number of nitrogens with zero attached hydrogens (tertiary/aromatic N) is 7. The summed E-state index contributed by atoms with van der Waals surface area (Å²) in [7, 11) is 0. The summed E-state index contributed by atoms with van der Waals surface area (Å²) >= 11 is 0. The molecule has 0 aliphatic carbocycles. The number of likely N-dealkylation sites (tertiary alicyclic amines) is 1. The van der Waals surface area contributed by atoms with Crippen LogP contribution in [-0.4, -0.2) is 80.7 Å². The van der Waals surface area contributed by atoms with E-state index in [1.54, 1.807) is 9.58 Å². The van der Waals surface area contributed by atoms with Gasteiger partial charge in [0.05, 0.1) is 24.4 Å². The molecule has 0 saturated carbocycles. The summed E-state index contributed by atoms with van der Waals surface area (Å²) in [5, 5.41) is 4.78. The van der Waals surface area contributed by atoms with Crippen molar-refractivity contribution in [3.8, 4) is 17.2 Å². The highest BCUT2D eigenvalue weighted by atomic mass is 16.6. The molecule has 0 N–H and O–H groups in total. The third-order valence-corrected chi connectivity index (χ3v) is 7.32. The number of amides is 1. The number of hydrogen-bond acceptors (Lipinski definition) is 8. The van der Waals surface area contributed by atoms with Crippen molar-refractivity contribution >= 4 is 22.9 Å². The molecule has 1 amide bonds. The van der Waals surface area contributed by atoms with E-state index in [2.05, 4.69) is 11.0 Å². The lowest BCUT2D eigenvalue weighted by Crippen LogP contribution is -2.41. The summed E-state index contributed by atoms with van der Waals surface area (Å²) in [5.74, 6) is 1.59. The molecule has 208 valence electrons. The average molecular weight is 542 g/mol. The fourth-order valence-electron chi connectivity index (χ4n) is 5.25. The molecular weight excluding hydrogens is 506 g/mol. The number of pyridine rings is 1. The fraction of sp³-hybridized carbons (Fsp3) is 0.433. The van der Waals surface area contributed by atoms with Crippen molar-refractivity contribution < 1.29 is 14.3 Å². The van der Waals surface area contributed by atoms with Gasteiger partial charge in [0.2, 0.25) is 0 Å². The second kappa shape index (κ2) is 10.8. The Bertz CT molecular complexity index is 1480. The zero-order valence-corrected chi connectivity index (χ0v) is 23.3. The minimum Gasteiger partial charge on any atom is -0.444 e. The zero-order valence-electron chi connectivity index (χ0n) is 23.3. The van der Waals surface area contributed by atoms with Gasteiger partial charge in [0, 0.05) is 44.1 Å². The van der Waals surface area contributed by atoms with Crippen molar-refractivity contribution in [2.45, 2.75) is 45.1 Å². The van der Waals surface area contributed by atoms with Crippen LogP contribution in [0, 0.1) is 0 Å². The number of anilines is 1. The molecule has 5 heterocycles. The Morgan fingerprint density at radius 1 is 1.00 bits per heavy atom. The van der Waals surface area contributed by atoms with Crippen LogP contribution in [0.1, 0.15) is 45.1 Å². The molecule has 10 heteroatoms.